The standard InChI is InChI=1S/C11H15BrO2/c1-7(2)14-9-5-8(3)11(12)10(6-9)13-4/h5-7H,1-4H3. The highest BCUT2D eigenvalue weighted by Crippen LogP contribution is 2.33. The van der Waals surface area contributed by atoms with E-state index in [0.29, 0.717) is 0 Å². The van der Waals surface area contributed by atoms with Crippen LogP contribution in [0.1, 0.15) is 19.4 Å². The molecule has 0 aliphatic carbocycles. The number of benzene rings is 1. The zero-order valence-corrected chi connectivity index (χ0v) is 10.5. The van der Waals surface area contributed by atoms with Gasteiger partial charge in [0.2, 0.25) is 0 Å². The maximum Gasteiger partial charge on any atom is 0.136 e. The van der Waals surface area contributed by atoms with E-state index in [-0.39, 0.29) is 6.10 Å². The van der Waals surface area contributed by atoms with Crippen LogP contribution in [-0.4, -0.2) is 13.2 Å². The maximum atomic E-state index is 5.59. The normalized spacial score (nSPS) is 10.4. The fourth-order valence-electron chi connectivity index (χ4n) is 1.19. The van der Waals surface area contributed by atoms with E-state index < -0.39 is 0 Å². The van der Waals surface area contributed by atoms with Crippen LogP contribution in [0.15, 0.2) is 16.6 Å². The first-order valence-corrected chi connectivity index (χ1v) is 5.34. The summed E-state index contributed by atoms with van der Waals surface area (Å²) in [6.45, 7) is 6.02. The minimum Gasteiger partial charge on any atom is -0.495 e. The molecule has 1 rings (SSSR count). The summed E-state index contributed by atoms with van der Waals surface area (Å²) in [4.78, 5) is 0. The molecule has 0 N–H and O–H groups in total. The summed E-state index contributed by atoms with van der Waals surface area (Å²) in [5, 5.41) is 0. The van der Waals surface area contributed by atoms with Crippen LogP contribution in [0.4, 0.5) is 0 Å². The van der Waals surface area contributed by atoms with Crippen LogP contribution >= 0.6 is 15.9 Å². The molecule has 0 aliphatic rings. The monoisotopic (exact) mass is 258 g/mol. The summed E-state index contributed by atoms with van der Waals surface area (Å²) in [5.74, 6) is 1.65. The second kappa shape index (κ2) is 4.69. The number of methoxy groups -OCH3 is 1. The van der Waals surface area contributed by atoms with E-state index in [1.54, 1.807) is 7.11 Å². The Morgan fingerprint density at radius 3 is 2.43 bits per heavy atom. The van der Waals surface area contributed by atoms with Crippen molar-refractivity contribution < 1.29 is 9.47 Å². The lowest BCUT2D eigenvalue weighted by atomic mass is 10.2. The number of rotatable bonds is 3. The Morgan fingerprint density at radius 2 is 1.93 bits per heavy atom. The van der Waals surface area contributed by atoms with Crippen molar-refractivity contribution in [2.45, 2.75) is 26.9 Å². The Balaban J connectivity index is 3.03. The maximum absolute atomic E-state index is 5.59. The van der Waals surface area contributed by atoms with Crippen LogP contribution in [0.3, 0.4) is 0 Å². The van der Waals surface area contributed by atoms with Gasteiger partial charge < -0.3 is 9.47 Å². The first kappa shape index (κ1) is 11.4. The van der Waals surface area contributed by atoms with Crippen LogP contribution in [0.25, 0.3) is 0 Å². The third kappa shape index (κ3) is 2.64. The van der Waals surface area contributed by atoms with Crippen LogP contribution in [0.5, 0.6) is 11.5 Å². The molecular formula is C11H15BrO2. The van der Waals surface area contributed by atoms with E-state index in [1.165, 1.54) is 0 Å². The first-order chi connectivity index (χ1) is 6.54. The molecule has 0 fully saturated rings. The molecule has 78 valence electrons. The van der Waals surface area contributed by atoms with Crippen molar-refractivity contribution in [1.29, 1.82) is 0 Å². The topological polar surface area (TPSA) is 18.5 Å². The third-order valence-electron chi connectivity index (χ3n) is 1.79. The van der Waals surface area contributed by atoms with E-state index in [2.05, 4.69) is 15.9 Å². The molecule has 0 radical (unpaired) electrons. The zero-order valence-electron chi connectivity index (χ0n) is 8.93. The summed E-state index contributed by atoms with van der Waals surface area (Å²) in [7, 11) is 1.65. The van der Waals surface area contributed by atoms with Crippen molar-refractivity contribution in [3.05, 3.63) is 22.2 Å². The van der Waals surface area contributed by atoms with Gasteiger partial charge in [-0.3, -0.25) is 0 Å². The van der Waals surface area contributed by atoms with Gasteiger partial charge in [-0.2, -0.15) is 0 Å². The molecule has 0 saturated heterocycles. The largest absolute Gasteiger partial charge is 0.495 e. The van der Waals surface area contributed by atoms with Crippen molar-refractivity contribution >= 4 is 15.9 Å². The lowest BCUT2D eigenvalue weighted by Crippen LogP contribution is -2.05. The Morgan fingerprint density at radius 1 is 1.29 bits per heavy atom. The molecule has 0 aromatic heterocycles. The second-order valence-corrected chi connectivity index (χ2v) is 4.22. The highest BCUT2D eigenvalue weighted by Gasteiger charge is 2.07. The van der Waals surface area contributed by atoms with Crippen LogP contribution in [0, 0.1) is 6.92 Å². The second-order valence-electron chi connectivity index (χ2n) is 3.42. The molecule has 1 aromatic rings. The number of hydrogen-bond acceptors (Lipinski definition) is 2. The SMILES string of the molecule is COc1cc(OC(C)C)cc(C)c1Br. The third-order valence-corrected chi connectivity index (χ3v) is 2.80. The fraction of sp³-hybridized carbons (Fsp3) is 0.455. The molecule has 0 spiro atoms. The van der Waals surface area contributed by atoms with Gasteiger partial charge in [-0.1, -0.05) is 0 Å². The van der Waals surface area contributed by atoms with Gasteiger partial charge >= 0.3 is 0 Å². The van der Waals surface area contributed by atoms with Crippen molar-refractivity contribution in [1.82, 2.24) is 0 Å². The molecule has 0 saturated carbocycles. The van der Waals surface area contributed by atoms with Crippen LogP contribution in [0.2, 0.25) is 0 Å². The summed E-state index contributed by atoms with van der Waals surface area (Å²) >= 11 is 3.46. The lowest BCUT2D eigenvalue weighted by molar-refractivity contribution is 0.241. The number of halogens is 1. The summed E-state index contributed by atoms with van der Waals surface area (Å²) in [6.07, 6.45) is 0.181. The number of ether oxygens (including phenoxy) is 2. The molecule has 2 nitrogen and oxygen atoms in total. The molecule has 0 heterocycles. The van der Waals surface area contributed by atoms with Crippen LogP contribution < -0.4 is 9.47 Å². The van der Waals surface area contributed by atoms with Gasteiger partial charge in [0.15, 0.2) is 0 Å². The van der Waals surface area contributed by atoms with Crippen LogP contribution in [-0.2, 0) is 0 Å². The van der Waals surface area contributed by atoms with E-state index >= 15 is 0 Å². The van der Waals surface area contributed by atoms with Gasteiger partial charge in [0.25, 0.3) is 0 Å². The average Bonchev–Trinajstić information content (AvgIpc) is 2.10. The van der Waals surface area contributed by atoms with Gasteiger partial charge in [-0.15, -0.1) is 0 Å². The van der Waals surface area contributed by atoms with Gasteiger partial charge in [0, 0.05) is 6.07 Å². The minimum atomic E-state index is 0.181. The molecule has 0 atom stereocenters. The Bertz CT molecular complexity index is 321. The summed E-state index contributed by atoms with van der Waals surface area (Å²) < 4.78 is 11.8. The highest BCUT2D eigenvalue weighted by atomic mass is 79.9. The summed E-state index contributed by atoms with van der Waals surface area (Å²) in [6, 6.07) is 3.88. The van der Waals surface area contributed by atoms with Crippen molar-refractivity contribution in [2.75, 3.05) is 7.11 Å². The Labute approximate surface area is 93.4 Å². The molecule has 3 heteroatoms. The number of hydrogen-bond donors (Lipinski definition) is 0. The molecule has 0 aliphatic heterocycles. The zero-order chi connectivity index (χ0) is 10.7. The van der Waals surface area contributed by atoms with E-state index in [4.69, 9.17) is 9.47 Å². The molecule has 14 heavy (non-hydrogen) atoms. The van der Waals surface area contributed by atoms with Gasteiger partial charge in [0.1, 0.15) is 11.5 Å². The lowest BCUT2D eigenvalue weighted by Gasteiger charge is -2.13. The summed E-state index contributed by atoms with van der Waals surface area (Å²) in [5.41, 5.74) is 1.11. The minimum absolute atomic E-state index is 0.181. The smallest absolute Gasteiger partial charge is 0.136 e. The first-order valence-electron chi connectivity index (χ1n) is 4.55. The molecule has 0 bridgehead atoms. The van der Waals surface area contributed by atoms with Crippen molar-refractivity contribution in [3.63, 3.8) is 0 Å². The fourth-order valence-corrected chi connectivity index (χ4v) is 1.58. The van der Waals surface area contributed by atoms with Crippen molar-refractivity contribution in [2.24, 2.45) is 0 Å². The van der Waals surface area contributed by atoms with Gasteiger partial charge in [-0.25, -0.2) is 0 Å². The number of aryl methyl sites for hydroxylation is 1. The molecule has 1 aromatic carbocycles. The van der Waals surface area contributed by atoms with E-state index in [9.17, 15) is 0 Å². The van der Waals surface area contributed by atoms with Crippen molar-refractivity contribution in [3.8, 4) is 11.5 Å². The molecule has 0 unspecified atom stereocenters. The van der Waals surface area contributed by atoms with Gasteiger partial charge in [-0.05, 0) is 48.3 Å². The predicted molar refractivity (Wildman–Crippen MR) is 61.2 cm³/mol. The average molecular weight is 259 g/mol. The molecular weight excluding hydrogens is 244 g/mol. The predicted octanol–water partition coefficient (Wildman–Crippen LogP) is 3.55. The van der Waals surface area contributed by atoms with E-state index in [1.807, 2.05) is 32.9 Å². The van der Waals surface area contributed by atoms with Gasteiger partial charge in [0.05, 0.1) is 17.7 Å². The van der Waals surface area contributed by atoms with E-state index in [0.717, 1.165) is 21.5 Å². The Hall–Kier alpha value is -0.700. The highest BCUT2D eigenvalue weighted by molar-refractivity contribution is 9.10. The quantitative estimate of drug-likeness (QED) is 0.826. The molecule has 0 amide bonds. The Kier molecular flexibility index (Phi) is 3.81.